The van der Waals surface area contributed by atoms with Crippen LogP contribution >= 0.6 is 23.4 Å². The zero-order valence-electron chi connectivity index (χ0n) is 13.1. The van der Waals surface area contributed by atoms with Gasteiger partial charge in [0, 0.05) is 29.9 Å². The lowest BCUT2D eigenvalue weighted by molar-refractivity contribution is 0.203. The first-order chi connectivity index (χ1) is 11.9. The predicted molar refractivity (Wildman–Crippen MR) is 96.3 cm³/mol. The van der Waals surface area contributed by atoms with Crippen LogP contribution in [0.3, 0.4) is 0 Å². The van der Waals surface area contributed by atoms with E-state index in [1.165, 1.54) is 31.1 Å². The molecule has 3 aromatic heterocycles. The molecule has 0 atom stereocenters. The molecule has 10 heteroatoms. The summed E-state index contributed by atoms with van der Waals surface area (Å²) >= 11 is 7.26. The van der Waals surface area contributed by atoms with Crippen LogP contribution in [-0.2, 0) is 6.42 Å². The quantitative estimate of drug-likeness (QED) is 0.393. The van der Waals surface area contributed by atoms with Gasteiger partial charge >= 0.3 is 6.09 Å². The lowest BCUT2D eigenvalue weighted by Crippen LogP contribution is -2.23. The maximum Gasteiger partial charge on any atom is 0.411 e. The number of carbonyl (C=O) groups is 1. The van der Waals surface area contributed by atoms with Crippen molar-refractivity contribution in [3.63, 3.8) is 0 Å². The van der Waals surface area contributed by atoms with Gasteiger partial charge in [-0.15, -0.1) is 0 Å². The van der Waals surface area contributed by atoms with E-state index in [2.05, 4.69) is 15.0 Å². The first-order valence-corrected chi connectivity index (χ1v) is 8.56. The Labute approximate surface area is 152 Å². The summed E-state index contributed by atoms with van der Waals surface area (Å²) < 4.78 is 5.35. The van der Waals surface area contributed by atoms with Gasteiger partial charge in [0.05, 0.1) is 11.9 Å². The summed E-state index contributed by atoms with van der Waals surface area (Å²) in [5.41, 5.74) is 7.45. The molecule has 3 aromatic rings. The van der Waals surface area contributed by atoms with E-state index in [0.717, 1.165) is 10.6 Å². The van der Waals surface area contributed by atoms with Crippen molar-refractivity contribution in [2.24, 2.45) is 0 Å². The van der Waals surface area contributed by atoms with Gasteiger partial charge in [-0.05, 0) is 12.5 Å². The van der Waals surface area contributed by atoms with Crippen molar-refractivity contribution < 1.29 is 14.3 Å². The number of amides is 1. The van der Waals surface area contributed by atoms with Gasteiger partial charge in [-0.1, -0.05) is 23.4 Å². The number of nitrogens with zero attached hydrogens (tertiary/aromatic N) is 4. The highest BCUT2D eigenvalue weighted by Crippen LogP contribution is 2.29. The van der Waals surface area contributed by atoms with E-state index < -0.39 is 6.09 Å². The molecule has 3 N–H and O–H groups in total. The van der Waals surface area contributed by atoms with E-state index in [-0.39, 0.29) is 0 Å². The maximum absolute atomic E-state index is 11.1. The molecule has 0 bridgehead atoms. The molecule has 3 rings (SSSR count). The number of furan rings is 1. The lowest BCUT2D eigenvalue weighted by atomic mass is 10.2. The number of fused-ring (bicyclic) bond motifs is 1. The minimum absolute atomic E-state index is 0.300. The van der Waals surface area contributed by atoms with Crippen molar-refractivity contribution in [1.29, 1.82) is 0 Å². The highest BCUT2D eigenvalue weighted by Gasteiger charge is 2.16. The Bertz CT molecular complexity index is 912. The smallest absolute Gasteiger partial charge is 0.411 e. The van der Waals surface area contributed by atoms with Crippen LogP contribution in [0.1, 0.15) is 5.69 Å². The second-order valence-electron chi connectivity index (χ2n) is 5.13. The maximum atomic E-state index is 11.1. The van der Waals surface area contributed by atoms with Crippen molar-refractivity contribution in [2.75, 3.05) is 23.4 Å². The standard InChI is InChI=1S/C15H14ClN5O3S/c1-21(15(22)23)10-7-24-11-6-18-8(4-9(10)11)2-3-25-14-19-12(16)5-13(17)20-14/h4-7H,2-3H2,1H3,(H,22,23)(H2,17,19,20). The van der Waals surface area contributed by atoms with E-state index in [1.54, 1.807) is 6.20 Å². The monoisotopic (exact) mass is 379 g/mol. The molecule has 25 heavy (non-hydrogen) atoms. The van der Waals surface area contributed by atoms with E-state index in [1.807, 2.05) is 6.07 Å². The van der Waals surface area contributed by atoms with E-state index in [9.17, 15) is 4.79 Å². The number of nitrogen functional groups attached to an aromatic ring is 1. The minimum Gasteiger partial charge on any atom is -0.465 e. The van der Waals surface area contributed by atoms with Gasteiger partial charge in [-0.3, -0.25) is 9.88 Å². The van der Waals surface area contributed by atoms with Crippen LogP contribution in [0.15, 0.2) is 34.2 Å². The Hall–Kier alpha value is -2.52. The van der Waals surface area contributed by atoms with Gasteiger partial charge in [0.2, 0.25) is 0 Å². The molecule has 0 fully saturated rings. The third-order valence-corrected chi connectivity index (χ3v) is 4.47. The number of halogens is 1. The molecule has 0 aliphatic rings. The molecule has 0 unspecified atom stereocenters. The number of anilines is 2. The molecule has 0 radical (unpaired) electrons. The molecule has 1 amide bonds. The molecule has 0 aromatic carbocycles. The van der Waals surface area contributed by atoms with Crippen LogP contribution in [0.2, 0.25) is 5.15 Å². The number of aromatic nitrogens is 3. The number of thioether (sulfide) groups is 1. The van der Waals surface area contributed by atoms with Crippen molar-refractivity contribution >= 4 is 51.9 Å². The van der Waals surface area contributed by atoms with Crippen molar-refractivity contribution in [3.05, 3.63) is 35.4 Å². The van der Waals surface area contributed by atoms with Gasteiger partial charge in [0.15, 0.2) is 10.7 Å². The molecule has 0 aliphatic heterocycles. The van der Waals surface area contributed by atoms with Crippen LogP contribution in [0.4, 0.5) is 16.3 Å². The summed E-state index contributed by atoms with van der Waals surface area (Å²) in [4.78, 5) is 24.8. The normalized spacial score (nSPS) is 11.0. The number of carboxylic acid groups (broad SMARTS) is 1. The second-order valence-corrected chi connectivity index (χ2v) is 6.58. The first kappa shape index (κ1) is 17.3. The largest absolute Gasteiger partial charge is 0.465 e. The molecule has 0 spiro atoms. The SMILES string of the molecule is CN(C(=O)O)c1coc2cnc(CCSc3nc(N)cc(Cl)n3)cc12. The number of hydrogen-bond acceptors (Lipinski definition) is 7. The fraction of sp³-hybridized carbons (Fsp3) is 0.200. The molecule has 8 nitrogen and oxygen atoms in total. The van der Waals surface area contributed by atoms with E-state index in [4.69, 9.17) is 26.9 Å². The van der Waals surface area contributed by atoms with Crippen LogP contribution in [-0.4, -0.2) is 39.0 Å². The van der Waals surface area contributed by atoms with Crippen LogP contribution in [0, 0.1) is 0 Å². The van der Waals surface area contributed by atoms with E-state index in [0.29, 0.717) is 45.0 Å². The average Bonchev–Trinajstić information content (AvgIpc) is 2.96. The summed E-state index contributed by atoms with van der Waals surface area (Å²) in [6.07, 6.45) is 2.56. The van der Waals surface area contributed by atoms with Gasteiger partial charge in [-0.2, -0.15) is 0 Å². The highest BCUT2D eigenvalue weighted by molar-refractivity contribution is 7.99. The Morgan fingerprint density at radius 1 is 1.44 bits per heavy atom. The fourth-order valence-corrected chi connectivity index (χ4v) is 3.26. The van der Waals surface area contributed by atoms with Crippen molar-refractivity contribution in [1.82, 2.24) is 15.0 Å². The molecular weight excluding hydrogens is 366 g/mol. The first-order valence-electron chi connectivity index (χ1n) is 7.19. The topological polar surface area (TPSA) is 118 Å². The van der Waals surface area contributed by atoms with Gasteiger partial charge in [-0.25, -0.2) is 14.8 Å². The second kappa shape index (κ2) is 7.16. The Morgan fingerprint density at radius 2 is 2.24 bits per heavy atom. The van der Waals surface area contributed by atoms with Gasteiger partial charge in [0.1, 0.15) is 17.2 Å². The summed E-state index contributed by atoms with van der Waals surface area (Å²) in [5.74, 6) is 0.988. The zero-order chi connectivity index (χ0) is 18.0. The number of aryl methyl sites for hydroxylation is 1. The minimum atomic E-state index is -1.06. The zero-order valence-corrected chi connectivity index (χ0v) is 14.7. The number of hydrogen-bond donors (Lipinski definition) is 2. The third-order valence-electron chi connectivity index (χ3n) is 3.43. The highest BCUT2D eigenvalue weighted by atomic mass is 35.5. The lowest BCUT2D eigenvalue weighted by Gasteiger charge is -2.10. The third kappa shape index (κ3) is 3.94. The fourth-order valence-electron chi connectivity index (χ4n) is 2.19. The van der Waals surface area contributed by atoms with Crippen molar-refractivity contribution in [3.8, 4) is 0 Å². The Balaban J connectivity index is 1.73. The molecule has 0 saturated carbocycles. The summed E-state index contributed by atoms with van der Waals surface area (Å²) in [6, 6.07) is 3.31. The predicted octanol–water partition coefficient (Wildman–Crippen LogP) is 3.30. The van der Waals surface area contributed by atoms with Gasteiger partial charge < -0.3 is 15.3 Å². The average molecular weight is 380 g/mol. The van der Waals surface area contributed by atoms with Gasteiger partial charge in [0.25, 0.3) is 0 Å². The van der Waals surface area contributed by atoms with Crippen LogP contribution < -0.4 is 10.6 Å². The molecule has 0 saturated heterocycles. The molecular formula is C15H14ClN5O3S. The molecule has 130 valence electrons. The number of pyridine rings is 1. The Morgan fingerprint density at radius 3 is 2.96 bits per heavy atom. The van der Waals surface area contributed by atoms with Crippen LogP contribution in [0.25, 0.3) is 11.0 Å². The van der Waals surface area contributed by atoms with Crippen molar-refractivity contribution in [2.45, 2.75) is 11.6 Å². The summed E-state index contributed by atoms with van der Waals surface area (Å²) in [6.45, 7) is 0. The van der Waals surface area contributed by atoms with Crippen LogP contribution in [0.5, 0.6) is 0 Å². The van der Waals surface area contributed by atoms with E-state index >= 15 is 0 Å². The number of nitrogens with two attached hydrogens (primary N) is 1. The summed E-state index contributed by atoms with van der Waals surface area (Å²) in [5, 5.41) is 10.6. The molecule has 0 aliphatic carbocycles. The molecule has 3 heterocycles. The summed E-state index contributed by atoms with van der Waals surface area (Å²) in [7, 11) is 1.46. The number of rotatable bonds is 5. The Kier molecular flexibility index (Phi) is 4.95.